The summed E-state index contributed by atoms with van der Waals surface area (Å²) in [7, 11) is 0. The van der Waals surface area contributed by atoms with E-state index < -0.39 is 0 Å². The zero-order chi connectivity index (χ0) is 15.5. The van der Waals surface area contributed by atoms with Gasteiger partial charge in [-0.3, -0.25) is 4.79 Å². The van der Waals surface area contributed by atoms with Crippen LogP contribution in [0, 0.1) is 11.8 Å². The van der Waals surface area contributed by atoms with Crippen molar-refractivity contribution in [3.8, 4) is 0 Å². The lowest BCUT2D eigenvalue weighted by atomic mass is 9.98. The maximum absolute atomic E-state index is 12.1. The van der Waals surface area contributed by atoms with E-state index in [9.17, 15) is 4.79 Å². The molecule has 0 saturated carbocycles. The van der Waals surface area contributed by atoms with Crippen LogP contribution in [0.3, 0.4) is 0 Å². The van der Waals surface area contributed by atoms with Crippen LogP contribution in [-0.2, 0) is 16.0 Å². The Morgan fingerprint density at radius 1 is 1.24 bits per heavy atom. The fraction of sp³-hybridized carbons (Fsp3) is 0.588. The monoisotopic (exact) mass is 292 g/mol. The predicted molar refractivity (Wildman–Crippen MR) is 86.0 cm³/mol. The molecule has 3 N–H and O–H groups in total. The van der Waals surface area contributed by atoms with Crippen molar-refractivity contribution in [1.82, 2.24) is 5.32 Å². The van der Waals surface area contributed by atoms with E-state index in [4.69, 9.17) is 10.5 Å². The third-order valence-electron chi connectivity index (χ3n) is 3.37. The van der Waals surface area contributed by atoms with Crippen LogP contribution in [-0.4, -0.2) is 32.2 Å². The highest BCUT2D eigenvalue weighted by molar-refractivity contribution is 5.79. The number of carbonyl (C=O) groups excluding carboxylic acids is 1. The molecule has 1 unspecified atom stereocenters. The van der Waals surface area contributed by atoms with Gasteiger partial charge in [-0.15, -0.1) is 0 Å². The van der Waals surface area contributed by atoms with Crippen LogP contribution in [0.4, 0.5) is 0 Å². The van der Waals surface area contributed by atoms with E-state index >= 15 is 0 Å². The van der Waals surface area contributed by atoms with Crippen molar-refractivity contribution in [2.75, 3.05) is 26.3 Å². The summed E-state index contributed by atoms with van der Waals surface area (Å²) >= 11 is 0. The first-order valence-corrected chi connectivity index (χ1v) is 7.73. The van der Waals surface area contributed by atoms with Gasteiger partial charge in [0, 0.05) is 19.7 Å². The Labute approximate surface area is 128 Å². The Hall–Kier alpha value is -1.39. The van der Waals surface area contributed by atoms with Crippen molar-refractivity contribution < 1.29 is 9.53 Å². The molecule has 4 heteroatoms. The topological polar surface area (TPSA) is 64.3 Å². The second kappa shape index (κ2) is 10.4. The molecule has 1 atom stereocenters. The standard InChI is InChI=1S/C17H28N2O2/c1-14(2)8-10-21-11-9-19-17(20)16(13-18)12-15-6-4-3-5-7-15/h3-7,14,16H,8-13,18H2,1-2H3,(H,19,20). The lowest BCUT2D eigenvalue weighted by Gasteiger charge is -2.15. The molecule has 118 valence electrons. The van der Waals surface area contributed by atoms with Gasteiger partial charge in [0.15, 0.2) is 0 Å². The number of amides is 1. The van der Waals surface area contributed by atoms with E-state index in [1.807, 2.05) is 30.3 Å². The van der Waals surface area contributed by atoms with E-state index in [0.717, 1.165) is 18.6 Å². The van der Waals surface area contributed by atoms with Crippen LogP contribution in [0.25, 0.3) is 0 Å². The number of nitrogens with one attached hydrogen (secondary N) is 1. The Bertz CT molecular complexity index is 393. The van der Waals surface area contributed by atoms with E-state index in [1.165, 1.54) is 0 Å². The summed E-state index contributed by atoms with van der Waals surface area (Å²) in [4.78, 5) is 12.1. The smallest absolute Gasteiger partial charge is 0.224 e. The summed E-state index contributed by atoms with van der Waals surface area (Å²) in [6.45, 7) is 6.54. The van der Waals surface area contributed by atoms with Crippen LogP contribution < -0.4 is 11.1 Å². The Kier molecular flexibility index (Phi) is 8.71. The third kappa shape index (κ3) is 7.83. The molecule has 0 bridgehead atoms. The third-order valence-corrected chi connectivity index (χ3v) is 3.37. The summed E-state index contributed by atoms with van der Waals surface area (Å²) in [5, 5.41) is 2.90. The minimum absolute atomic E-state index is 0.00816. The van der Waals surface area contributed by atoms with Crippen LogP contribution in [0.1, 0.15) is 25.8 Å². The zero-order valence-corrected chi connectivity index (χ0v) is 13.2. The van der Waals surface area contributed by atoms with Crippen molar-refractivity contribution in [2.45, 2.75) is 26.7 Å². The fourth-order valence-corrected chi connectivity index (χ4v) is 1.99. The average Bonchev–Trinajstić information content (AvgIpc) is 2.48. The molecule has 0 fully saturated rings. The lowest BCUT2D eigenvalue weighted by Crippen LogP contribution is -2.37. The molecule has 0 radical (unpaired) electrons. The lowest BCUT2D eigenvalue weighted by molar-refractivity contribution is -0.124. The number of carbonyl (C=O) groups is 1. The predicted octanol–water partition coefficient (Wildman–Crippen LogP) is 1.98. The molecule has 0 aliphatic rings. The van der Waals surface area contributed by atoms with Gasteiger partial charge in [0.1, 0.15) is 0 Å². The second-order valence-electron chi connectivity index (χ2n) is 5.71. The van der Waals surface area contributed by atoms with Gasteiger partial charge in [-0.25, -0.2) is 0 Å². The highest BCUT2D eigenvalue weighted by atomic mass is 16.5. The zero-order valence-electron chi connectivity index (χ0n) is 13.2. The Morgan fingerprint density at radius 2 is 1.95 bits per heavy atom. The summed E-state index contributed by atoms with van der Waals surface area (Å²) in [5.41, 5.74) is 6.85. The summed E-state index contributed by atoms with van der Waals surface area (Å²) in [6.07, 6.45) is 1.73. The quantitative estimate of drug-likeness (QED) is 0.648. The molecule has 4 nitrogen and oxygen atoms in total. The molecule has 1 aromatic carbocycles. The van der Waals surface area contributed by atoms with Crippen molar-refractivity contribution in [1.29, 1.82) is 0 Å². The molecule has 1 aromatic rings. The van der Waals surface area contributed by atoms with Crippen LogP contribution in [0.5, 0.6) is 0 Å². The maximum Gasteiger partial charge on any atom is 0.224 e. The SMILES string of the molecule is CC(C)CCOCCNC(=O)C(CN)Cc1ccccc1. The summed E-state index contributed by atoms with van der Waals surface area (Å²) < 4.78 is 5.48. The van der Waals surface area contributed by atoms with Gasteiger partial charge in [-0.1, -0.05) is 44.2 Å². The Balaban J connectivity index is 2.22. The first-order valence-electron chi connectivity index (χ1n) is 7.73. The molecule has 0 aromatic heterocycles. The van der Waals surface area contributed by atoms with Gasteiger partial charge >= 0.3 is 0 Å². The van der Waals surface area contributed by atoms with Crippen LogP contribution in [0.2, 0.25) is 0 Å². The van der Waals surface area contributed by atoms with E-state index in [2.05, 4.69) is 19.2 Å². The van der Waals surface area contributed by atoms with Gasteiger partial charge < -0.3 is 15.8 Å². The van der Waals surface area contributed by atoms with E-state index in [1.54, 1.807) is 0 Å². The van der Waals surface area contributed by atoms with E-state index in [-0.39, 0.29) is 11.8 Å². The Morgan fingerprint density at radius 3 is 2.57 bits per heavy atom. The molecule has 0 saturated heterocycles. The number of hydrogen-bond donors (Lipinski definition) is 2. The average molecular weight is 292 g/mol. The van der Waals surface area contributed by atoms with Gasteiger partial charge in [-0.05, 0) is 24.3 Å². The number of rotatable bonds is 10. The van der Waals surface area contributed by atoms with Crippen LogP contribution in [0.15, 0.2) is 30.3 Å². The molecule has 0 spiro atoms. The number of hydrogen-bond acceptors (Lipinski definition) is 3. The summed E-state index contributed by atoms with van der Waals surface area (Å²) in [6, 6.07) is 9.96. The van der Waals surface area contributed by atoms with Crippen molar-refractivity contribution in [3.63, 3.8) is 0 Å². The van der Waals surface area contributed by atoms with Crippen molar-refractivity contribution in [3.05, 3.63) is 35.9 Å². The minimum atomic E-state index is -0.178. The molecule has 21 heavy (non-hydrogen) atoms. The first-order chi connectivity index (χ1) is 10.1. The number of ether oxygens (including phenoxy) is 1. The maximum atomic E-state index is 12.1. The fourth-order valence-electron chi connectivity index (χ4n) is 1.99. The molecular weight excluding hydrogens is 264 g/mol. The molecular formula is C17H28N2O2. The van der Waals surface area contributed by atoms with Crippen LogP contribution >= 0.6 is 0 Å². The van der Waals surface area contributed by atoms with E-state index in [0.29, 0.717) is 32.0 Å². The van der Waals surface area contributed by atoms with Crippen molar-refractivity contribution >= 4 is 5.91 Å². The number of benzene rings is 1. The molecule has 1 rings (SSSR count). The second-order valence-corrected chi connectivity index (χ2v) is 5.71. The molecule has 1 amide bonds. The van der Waals surface area contributed by atoms with Gasteiger partial charge in [-0.2, -0.15) is 0 Å². The van der Waals surface area contributed by atoms with Gasteiger partial charge in [0.2, 0.25) is 5.91 Å². The highest BCUT2D eigenvalue weighted by Crippen LogP contribution is 2.07. The highest BCUT2D eigenvalue weighted by Gasteiger charge is 2.16. The molecule has 0 aliphatic carbocycles. The number of nitrogens with two attached hydrogens (primary N) is 1. The molecule has 0 heterocycles. The van der Waals surface area contributed by atoms with Gasteiger partial charge in [0.25, 0.3) is 0 Å². The summed E-state index contributed by atoms with van der Waals surface area (Å²) in [5.74, 6) is 0.476. The van der Waals surface area contributed by atoms with Crippen molar-refractivity contribution in [2.24, 2.45) is 17.6 Å². The first kappa shape index (κ1) is 17.7. The van der Waals surface area contributed by atoms with Gasteiger partial charge in [0.05, 0.1) is 12.5 Å². The molecule has 0 aliphatic heterocycles. The minimum Gasteiger partial charge on any atom is -0.380 e. The normalized spacial score (nSPS) is 12.4. The largest absolute Gasteiger partial charge is 0.380 e.